The van der Waals surface area contributed by atoms with Crippen molar-refractivity contribution >= 4 is 0 Å². The average molecular weight is 358 g/mol. The molecule has 1 aromatic carbocycles. The minimum absolute atomic E-state index is 0.320. The third-order valence-corrected chi connectivity index (χ3v) is 7.06. The first-order valence-electron chi connectivity index (χ1n) is 10.7. The van der Waals surface area contributed by atoms with Gasteiger partial charge in [-0.05, 0) is 95.2 Å². The van der Waals surface area contributed by atoms with Gasteiger partial charge < -0.3 is 9.84 Å². The van der Waals surface area contributed by atoms with E-state index in [1.807, 2.05) is 30.3 Å². The molecule has 3 nitrogen and oxygen atoms in total. The molecule has 4 fully saturated rings. The number of benzene rings is 1. The van der Waals surface area contributed by atoms with Crippen molar-refractivity contribution in [1.82, 2.24) is 4.90 Å². The quantitative estimate of drug-likeness (QED) is 0.696. The van der Waals surface area contributed by atoms with Crippen LogP contribution in [0.25, 0.3) is 0 Å². The first-order valence-corrected chi connectivity index (χ1v) is 10.7. The van der Waals surface area contributed by atoms with E-state index in [0.717, 1.165) is 50.5 Å². The van der Waals surface area contributed by atoms with E-state index in [9.17, 15) is 5.11 Å². The number of ether oxygens (including phenoxy) is 1. The largest absolute Gasteiger partial charge is 0.494 e. The van der Waals surface area contributed by atoms with Crippen LogP contribution in [0.4, 0.5) is 0 Å². The van der Waals surface area contributed by atoms with Crippen LogP contribution < -0.4 is 4.74 Å². The first-order chi connectivity index (χ1) is 12.5. The van der Waals surface area contributed by atoms with Crippen LogP contribution in [0.3, 0.4) is 0 Å². The monoisotopic (exact) mass is 357 g/mol. The van der Waals surface area contributed by atoms with E-state index >= 15 is 0 Å². The van der Waals surface area contributed by atoms with Gasteiger partial charge in [0, 0.05) is 12.1 Å². The summed E-state index contributed by atoms with van der Waals surface area (Å²) in [4.78, 5) is 2.76. The molecule has 1 aromatic rings. The van der Waals surface area contributed by atoms with Crippen LogP contribution in [0, 0.1) is 17.8 Å². The normalized spacial score (nSPS) is 35.4. The van der Waals surface area contributed by atoms with Gasteiger partial charge in [-0.25, -0.2) is 0 Å². The summed E-state index contributed by atoms with van der Waals surface area (Å²) >= 11 is 0. The van der Waals surface area contributed by atoms with E-state index in [1.54, 1.807) is 0 Å². The van der Waals surface area contributed by atoms with Crippen molar-refractivity contribution in [3.05, 3.63) is 30.3 Å². The van der Waals surface area contributed by atoms with Crippen molar-refractivity contribution in [3.63, 3.8) is 0 Å². The Morgan fingerprint density at radius 3 is 2.38 bits per heavy atom. The highest BCUT2D eigenvalue weighted by molar-refractivity contribution is 5.20. The summed E-state index contributed by atoms with van der Waals surface area (Å²) in [5, 5.41) is 10.9. The second-order valence-electron chi connectivity index (χ2n) is 9.39. The van der Waals surface area contributed by atoms with Crippen molar-refractivity contribution in [2.75, 3.05) is 13.2 Å². The minimum atomic E-state index is -0.320. The van der Waals surface area contributed by atoms with Crippen molar-refractivity contribution in [3.8, 4) is 5.75 Å². The van der Waals surface area contributed by atoms with Crippen molar-refractivity contribution < 1.29 is 9.84 Å². The molecule has 2 atom stereocenters. The highest BCUT2D eigenvalue weighted by Gasteiger charge is 2.56. The molecule has 0 heterocycles. The van der Waals surface area contributed by atoms with Gasteiger partial charge in [0.05, 0.1) is 12.2 Å². The van der Waals surface area contributed by atoms with Gasteiger partial charge in [-0.1, -0.05) is 18.2 Å². The molecule has 3 heteroatoms. The number of unbranched alkanes of at least 4 members (excludes halogenated alkanes) is 1. The van der Waals surface area contributed by atoms with Gasteiger partial charge in [0.2, 0.25) is 0 Å². The predicted octanol–water partition coefficient (Wildman–Crippen LogP) is 4.50. The van der Waals surface area contributed by atoms with Crippen molar-refractivity contribution in [2.45, 2.75) is 76.5 Å². The van der Waals surface area contributed by atoms with Crippen LogP contribution in [0.2, 0.25) is 0 Å². The lowest BCUT2D eigenvalue weighted by molar-refractivity contribution is -0.164. The standard InChI is InChI=1S/C23H35NO2/c1-17(2)24(10-6-7-11-26-21-8-4-3-5-9-21)22-19-12-18-13-20(22)16-23(25,14-18)15-19/h3-5,8-9,17-20,22,25H,6-7,10-16H2,1-2H3. The Morgan fingerprint density at radius 1 is 1.08 bits per heavy atom. The maximum Gasteiger partial charge on any atom is 0.119 e. The SMILES string of the molecule is CC(C)N(CCCCOc1ccccc1)C1C2CC3CC1CC(O)(C3)C2. The number of aliphatic hydroxyl groups is 1. The third-order valence-electron chi connectivity index (χ3n) is 7.06. The van der Waals surface area contributed by atoms with Gasteiger partial charge in [-0.2, -0.15) is 0 Å². The molecule has 4 saturated carbocycles. The highest BCUT2D eigenvalue weighted by atomic mass is 16.5. The third kappa shape index (κ3) is 3.80. The number of hydrogen-bond donors (Lipinski definition) is 1. The number of hydrogen-bond acceptors (Lipinski definition) is 3. The van der Waals surface area contributed by atoms with Gasteiger partial charge in [-0.3, -0.25) is 4.90 Å². The summed E-state index contributed by atoms with van der Waals surface area (Å²) in [5.74, 6) is 3.20. The molecule has 4 aliphatic carbocycles. The molecular weight excluding hydrogens is 322 g/mol. The Bertz CT molecular complexity index is 571. The lowest BCUT2D eigenvalue weighted by Gasteiger charge is -2.61. The smallest absolute Gasteiger partial charge is 0.119 e. The molecule has 0 saturated heterocycles. The van der Waals surface area contributed by atoms with Gasteiger partial charge in [-0.15, -0.1) is 0 Å². The molecule has 0 radical (unpaired) electrons. The molecule has 0 spiro atoms. The average Bonchev–Trinajstić information content (AvgIpc) is 2.58. The van der Waals surface area contributed by atoms with Crippen molar-refractivity contribution in [1.29, 1.82) is 0 Å². The summed E-state index contributed by atoms with van der Waals surface area (Å²) < 4.78 is 5.85. The fraction of sp³-hybridized carbons (Fsp3) is 0.739. The summed E-state index contributed by atoms with van der Waals surface area (Å²) in [6.45, 7) is 6.66. The van der Waals surface area contributed by atoms with Gasteiger partial charge in [0.15, 0.2) is 0 Å². The topological polar surface area (TPSA) is 32.7 Å². The van der Waals surface area contributed by atoms with Gasteiger partial charge in [0.1, 0.15) is 5.75 Å². The van der Waals surface area contributed by atoms with E-state index in [0.29, 0.717) is 23.9 Å². The zero-order valence-corrected chi connectivity index (χ0v) is 16.4. The van der Waals surface area contributed by atoms with E-state index < -0.39 is 0 Å². The minimum Gasteiger partial charge on any atom is -0.494 e. The fourth-order valence-electron chi connectivity index (χ4n) is 6.35. The number of rotatable bonds is 8. The molecule has 5 rings (SSSR count). The molecular formula is C23H35NO2. The Morgan fingerprint density at radius 2 is 1.77 bits per heavy atom. The lowest BCUT2D eigenvalue weighted by atomic mass is 9.52. The van der Waals surface area contributed by atoms with Crippen LogP contribution in [0.1, 0.15) is 58.8 Å². The number of para-hydroxylation sites is 1. The van der Waals surface area contributed by atoms with E-state index in [2.05, 4.69) is 18.7 Å². The number of nitrogens with zero attached hydrogens (tertiary/aromatic N) is 1. The van der Waals surface area contributed by atoms with Crippen LogP contribution in [0.5, 0.6) is 5.75 Å². The molecule has 1 N–H and O–H groups in total. The molecule has 4 bridgehead atoms. The molecule has 0 aliphatic heterocycles. The lowest BCUT2D eigenvalue weighted by Crippen LogP contribution is -2.62. The second kappa shape index (κ2) is 7.52. The van der Waals surface area contributed by atoms with E-state index in [4.69, 9.17) is 4.74 Å². The summed E-state index contributed by atoms with van der Waals surface area (Å²) in [5.41, 5.74) is -0.320. The molecule has 144 valence electrons. The Kier molecular flexibility index (Phi) is 5.29. The molecule has 0 aromatic heterocycles. The second-order valence-corrected chi connectivity index (χ2v) is 9.39. The predicted molar refractivity (Wildman–Crippen MR) is 105 cm³/mol. The molecule has 4 aliphatic rings. The maximum absolute atomic E-state index is 10.9. The molecule has 2 unspecified atom stereocenters. The van der Waals surface area contributed by atoms with E-state index in [-0.39, 0.29) is 5.60 Å². The zero-order valence-electron chi connectivity index (χ0n) is 16.4. The van der Waals surface area contributed by atoms with Gasteiger partial charge >= 0.3 is 0 Å². The van der Waals surface area contributed by atoms with Crippen LogP contribution >= 0.6 is 0 Å². The van der Waals surface area contributed by atoms with E-state index in [1.165, 1.54) is 19.3 Å². The zero-order chi connectivity index (χ0) is 18.1. The Balaban J connectivity index is 1.29. The maximum atomic E-state index is 10.9. The summed E-state index contributed by atoms with van der Waals surface area (Å²) in [6.07, 6.45) is 8.16. The van der Waals surface area contributed by atoms with Crippen molar-refractivity contribution in [2.24, 2.45) is 17.8 Å². The Labute approximate surface area is 158 Å². The summed E-state index contributed by atoms with van der Waals surface area (Å²) in [7, 11) is 0. The molecule has 26 heavy (non-hydrogen) atoms. The van der Waals surface area contributed by atoms with Crippen LogP contribution in [-0.4, -0.2) is 40.8 Å². The van der Waals surface area contributed by atoms with Gasteiger partial charge in [0.25, 0.3) is 0 Å². The fourth-order valence-corrected chi connectivity index (χ4v) is 6.35. The van der Waals surface area contributed by atoms with Crippen LogP contribution in [0.15, 0.2) is 30.3 Å². The first kappa shape index (κ1) is 18.3. The highest BCUT2D eigenvalue weighted by Crippen LogP contribution is 2.57. The molecule has 0 amide bonds. The van der Waals surface area contributed by atoms with Crippen LogP contribution in [-0.2, 0) is 0 Å². The summed E-state index contributed by atoms with van der Waals surface area (Å²) in [6, 6.07) is 11.4. The Hall–Kier alpha value is -1.06.